The maximum atomic E-state index is 4.15. The van der Waals surface area contributed by atoms with E-state index in [4.69, 9.17) is 0 Å². The van der Waals surface area contributed by atoms with E-state index >= 15 is 0 Å². The molecule has 0 bridgehead atoms. The van der Waals surface area contributed by atoms with E-state index in [9.17, 15) is 0 Å². The second kappa shape index (κ2) is 3.54. The maximum absolute atomic E-state index is 4.15. The molecule has 1 aliphatic rings. The van der Waals surface area contributed by atoms with Gasteiger partial charge in [-0.1, -0.05) is 0 Å². The molecule has 0 saturated carbocycles. The van der Waals surface area contributed by atoms with Gasteiger partial charge in [0.15, 0.2) is 0 Å². The lowest BCUT2D eigenvalue weighted by Gasteiger charge is -2.05. The van der Waals surface area contributed by atoms with Gasteiger partial charge >= 0.3 is 0 Å². The molecule has 0 saturated heterocycles. The summed E-state index contributed by atoms with van der Waals surface area (Å²) < 4.78 is 1.16. The highest BCUT2D eigenvalue weighted by Gasteiger charge is 2.09. The van der Waals surface area contributed by atoms with E-state index in [1.807, 2.05) is 12.4 Å². The summed E-state index contributed by atoms with van der Waals surface area (Å²) in [4.78, 5) is 4.15. The van der Waals surface area contributed by atoms with Crippen LogP contribution in [0.25, 0.3) is 0 Å². The van der Waals surface area contributed by atoms with Gasteiger partial charge in [-0.3, -0.25) is 4.98 Å². The molecule has 0 radical (unpaired) electrons. The Hall–Kier alpha value is -0.410. The van der Waals surface area contributed by atoms with Gasteiger partial charge in [0.05, 0.1) is 0 Å². The summed E-state index contributed by atoms with van der Waals surface area (Å²) in [6.07, 6.45) is 6.21. The van der Waals surface area contributed by atoms with E-state index in [0.29, 0.717) is 0 Å². The lowest BCUT2D eigenvalue weighted by Crippen LogP contribution is -2.12. The molecule has 0 spiro atoms. The van der Waals surface area contributed by atoms with Gasteiger partial charge in [-0.25, -0.2) is 0 Å². The Bertz CT molecular complexity index is 286. The Labute approximate surface area is 80.5 Å². The topological polar surface area (TPSA) is 24.9 Å². The summed E-state index contributed by atoms with van der Waals surface area (Å²) in [5.41, 5.74) is 2.76. The summed E-state index contributed by atoms with van der Waals surface area (Å²) >= 11 is 3.53. The molecular weight excluding hydrogens is 216 g/mol. The second-order valence-electron chi connectivity index (χ2n) is 3.04. The van der Waals surface area contributed by atoms with Gasteiger partial charge in [0.25, 0.3) is 0 Å². The molecule has 0 aromatic carbocycles. The van der Waals surface area contributed by atoms with Crippen molar-refractivity contribution < 1.29 is 0 Å². The van der Waals surface area contributed by atoms with Crippen molar-refractivity contribution in [3.8, 4) is 0 Å². The highest BCUT2D eigenvalue weighted by molar-refractivity contribution is 9.10. The lowest BCUT2D eigenvalue weighted by molar-refractivity contribution is 0.680. The van der Waals surface area contributed by atoms with Crippen molar-refractivity contribution in [3.63, 3.8) is 0 Å². The van der Waals surface area contributed by atoms with Crippen LogP contribution in [0.1, 0.15) is 17.5 Å². The van der Waals surface area contributed by atoms with Crippen molar-refractivity contribution in [1.82, 2.24) is 10.3 Å². The van der Waals surface area contributed by atoms with Crippen LogP contribution >= 0.6 is 15.9 Å². The molecule has 2 heterocycles. The molecule has 0 amide bonds. The van der Waals surface area contributed by atoms with E-state index in [-0.39, 0.29) is 0 Å². The Kier molecular flexibility index (Phi) is 2.42. The molecule has 3 heteroatoms. The third kappa shape index (κ3) is 1.52. The fraction of sp³-hybridized carbons (Fsp3) is 0.444. The minimum absolute atomic E-state index is 0.960. The van der Waals surface area contributed by atoms with Crippen LogP contribution < -0.4 is 5.32 Å². The number of aromatic nitrogens is 1. The number of halogens is 1. The first-order valence-electron chi connectivity index (χ1n) is 4.20. The number of hydrogen-bond acceptors (Lipinski definition) is 2. The van der Waals surface area contributed by atoms with Gasteiger partial charge < -0.3 is 5.32 Å². The first-order chi connectivity index (χ1) is 5.88. The minimum Gasteiger partial charge on any atom is -0.313 e. The summed E-state index contributed by atoms with van der Waals surface area (Å²) in [6, 6.07) is 0. The molecule has 2 nitrogen and oxygen atoms in total. The highest BCUT2D eigenvalue weighted by Crippen LogP contribution is 2.22. The molecule has 0 atom stereocenters. The zero-order valence-electron chi connectivity index (χ0n) is 6.81. The number of nitrogens with one attached hydrogen (secondary N) is 1. The van der Waals surface area contributed by atoms with E-state index in [1.54, 1.807) is 0 Å². The SMILES string of the molecule is Brc1cncc2c1CCCNC2. The van der Waals surface area contributed by atoms with E-state index in [0.717, 1.165) is 24.0 Å². The zero-order chi connectivity index (χ0) is 8.39. The summed E-state index contributed by atoms with van der Waals surface area (Å²) in [7, 11) is 0. The molecule has 0 unspecified atom stereocenters. The molecule has 12 heavy (non-hydrogen) atoms. The molecule has 2 rings (SSSR count). The van der Waals surface area contributed by atoms with E-state index in [1.165, 1.54) is 17.5 Å². The zero-order valence-corrected chi connectivity index (χ0v) is 8.39. The van der Waals surface area contributed by atoms with Crippen molar-refractivity contribution in [1.29, 1.82) is 0 Å². The summed E-state index contributed by atoms with van der Waals surface area (Å²) in [5, 5.41) is 3.37. The van der Waals surface area contributed by atoms with Gasteiger partial charge in [0.2, 0.25) is 0 Å². The molecule has 1 aromatic heterocycles. The molecule has 0 aliphatic carbocycles. The first-order valence-corrected chi connectivity index (χ1v) is 4.99. The molecule has 1 N–H and O–H groups in total. The number of rotatable bonds is 0. The number of hydrogen-bond donors (Lipinski definition) is 1. The van der Waals surface area contributed by atoms with Crippen LogP contribution in [0.4, 0.5) is 0 Å². The molecule has 64 valence electrons. The van der Waals surface area contributed by atoms with E-state index in [2.05, 4.69) is 26.2 Å². The van der Waals surface area contributed by atoms with Crippen LogP contribution in [-0.4, -0.2) is 11.5 Å². The average Bonchev–Trinajstić information content (AvgIpc) is 2.30. The number of nitrogens with zero attached hydrogens (tertiary/aromatic N) is 1. The van der Waals surface area contributed by atoms with Gasteiger partial charge in [-0.2, -0.15) is 0 Å². The van der Waals surface area contributed by atoms with Gasteiger partial charge in [-0.15, -0.1) is 0 Å². The van der Waals surface area contributed by atoms with Gasteiger partial charge in [0, 0.05) is 23.4 Å². The monoisotopic (exact) mass is 226 g/mol. The van der Waals surface area contributed by atoms with Crippen LogP contribution in [0, 0.1) is 0 Å². The third-order valence-corrected chi connectivity index (χ3v) is 2.87. The Morgan fingerprint density at radius 1 is 1.42 bits per heavy atom. The van der Waals surface area contributed by atoms with Crippen molar-refractivity contribution in [2.75, 3.05) is 6.54 Å². The van der Waals surface area contributed by atoms with Crippen molar-refractivity contribution in [3.05, 3.63) is 28.0 Å². The molecule has 1 aliphatic heterocycles. The summed E-state index contributed by atoms with van der Waals surface area (Å²) in [6.45, 7) is 2.07. The first kappa shape index (κ1) is 8.20. The predicted molar refractivity (Wildman–Crippen MR) is 52.0 cm³/mol. The lowest BCUT2D eigenvalue weighted by atomic mass is 10.1. The van der Waals surface area contributed by atoms with Crippen molar-refractivity contribution >= 4 is 15.9 Å². The largest absolute Gasteiger partial charge is 0.313 e. The minimum atomic E-state index is 0.960. The van der Waals surface area contributed by atoms with Crippen molar-refractivity contribution in [2.45, 2.75) is 19.4 Å². The summed E-state index contributed by atoms with van der Waals surface area (Å²) in [5.74, 6) is 0. The fourth-order valence-electron chi connectivity index (χ4n) is 1.55. The fourth-order valence-corrected chi connectivity index (χ4v) is 2.12. The van der Waals surface area contributed by atoms with Crippen molar-refractivity contribution in [2.24, 2.45) is 0 Å². The second-order valence-corrected chi connectivity index (χ2v) is 3.89. The molecule has 0 fully saturated rings. The normalized spacial score (nSPS) is 16.8. The Morgan fingerprint density at radius 3 is 3.25 bits per heavy atom. The number of fused-ring (bicyclic) bond motifs is 1. The van der Waals surface area contributed by atoms with Crippen LogP contribution in [0.2, 0.25) is 0 Å². The van der Waals surface area contributed by atoms with Gasteiger partial charge in [-0.05, 0) is 46.4 Å². The predicted octanol–water partition coefficient (Wildman–Crippen LogP) is 1.88. The Balaban J connectivity index is 2.42. The highest BCUT2D eigenvalue weighted by atomic mass is 79.9. The molecular formula is C9H11BrN2. The van der Waals surface area contributed by atoms with Crippen LogP contribution in [0.15, 0.2) is 16.9 Å². The van der Waals surface area contributed by atoms with Gasteiger partial charge in [0.1, 0.15) is 0 Å². The number of pyridine rings is 1. The van der Waals surface area contributed by atoms with Crippen LogP contribution in [0.5, 0.6) is 0 Å². The third-order valence-electron chi connectivity index (χ3n) is 2.19. The van der Waals surface area contributed by atoms with Crippen LogP contribution in [0.3, 0.4) is 0 Å². The smallest absolute Gasteiger partial charge is 0.0413 e. The Morgan fingerprint density at radius 2 is 2.33 bits per heavy atom. The standard InChI is InChI=1S/C9H11BrN2/c10-9-6-12-5-7-4-11-3-1-2-8(7)9/h5-6,11H,1-4H2. The molecule has 1 aromatic rings. The maximum Gasteiger partial charge on any atom is 0.0413 e. The average molecular weight is 227 g/mol. The van der Waals surface area contributed by atoms with E-state index < -0.39 is 0 Å². The van der Waals surface area contributed by atoms with Crippen LogP contribution in [-0.2, 0) is 13.0 Å². The quantitative estimate of drug-likeness (QED) is 0.731.